The molecule has 1 aromatic carbocycles. The lowest BCUT2D eigenvalue weighted by Crippen LogP contribution is -2.64. The quantitative estimate of drug-likeness (QED) is 0.334. The number of carbonyl (C=O) groups excluding carboxylic acids is 3. The monoisotopic (exact) mass is 652 g/mol. The second-order valence-corrected chi connectivity index (χ2v) is 15.6. The van der Waals surface area contributed by atoms with Crippen molar-refractivity contribution in [1.82, 2.24) is 20.4 Å². The molecule has 44 heavy (non-hydrogen) atoms. The number of thiophene rings is 1. The molecule has 15 heteroatoms. The number of halogens is 2. The van der Waals surface area contributed by atoms with E-state index >= 15 is 0 Å². The van der Waals surface area contributed by atoms with Crippen LogP contribution in [0.3, 0.4) is 0 Å². The Balaban J connectivity index is 1.05. The molecule has 4 aliphatic heterocycles. The summed E-state index contributed by atoms with van der Waals surface area (Å²) < 4.78 is 45.8. The van der Waals surface area contributed by atoms with Gasteiger partial charge in [0.1, 0.15) is 12.1 Å². The van der Waals surface area contributed by atoms with Gasteiger partial charge in [0.2, 0.25) is 11.8 Å². The topological polar surface area (TPSA) is 149 Å². The number of ether oxygens (including phenoxy) is 1. The van der Waals surface area contributed by atoms with Gasteiger partial charge in [-0.3, -0.25) is 23.8 Å². The zero-order valence-electron chi connectivity index (χ0n) is 23.9. The smallest absolute Gasteiger partial charge is 0.380 e. The fourth-order valence-corrected chi connectivity index (χ4v) is 8.82. The summed E-state index contributed by atoms with van der Waals surface area (Å²) >= 11 is 1.04. The van der Waals surface area contributed by atoms with Crippen LogP contribution in [0.2, 0.25) is 0 Å². The van der Waals surface area contributed by atoms with Crippen LogP contribution in [0.1, 0.15) is 53.8 Å². The number of benzene rings is 1. The maximum atomic E-state index is 14.3. The van der Waals surface area contributed by atoms with Crippen LogP contribution in [0.5, 0.6) is 0 Å². The van der Waals surface area contributed by atoms with Crippen molar-refractivity contribution in [2.75, 3.05) is 26.3 Å². The Hall–Kier alpha value is -2.48. The number of nitrogens with one attached hydrogen (secondary N) is 2. The molecule has 6 atom stereocenters. The summed E-state index contributed by atoms with van der Waals surface area (Å²) in [5.74, 6) is -0.190. The molecule has 0 spiro atoms. The van der Waals surface area contributed by atoms with Gasteiger partial charge in [0, 0.05) is 42.0 Å². The average Bonchev–Trinajstić information content (AvgIpc) is 3.37. The first-order chi connectivity index (χ1) is 20.9. The Labute approximate surface area is 256 Å². The van der Waals surface area contributed by atoms with Gasteiger partial charge < -0.3 is 30.1 Å². The van der Waals surface area contributed by atoms with Gasteiger partial charge in [-0.05, 0) is 73.9 Å². The first kappa shape index (κ1) is 30.2. The fraction of sp³-hybridized carbons (Fsp3) is 0.621. The van der Waals surface area contributed by atoms with E-state index in [1.54, 1.807) is 4.90 Å². The number of fused-ring (bicyclic) bond motifs is 3. The second-order valence-electron chi connectivity index (χ2n) is 12.9. The Morgan fingerprint density at radius 3 is 2.52 bits per heavy atom. The maximum absolute atomic E-state index is 14.3. The predicted octanol–water partition coefficient (Wildman–Crippen LogP) is 2.61. The van der Waals surface area contributed by atoms with Crippen molar-refractivity contribution in [3.05, 3.63) is 34.7 Å². The Morgan fingerprint density at radius 1 is 1.02 bits per heavy atom. The van der Waals surface area contributed by atoms with Gasteiger partial charge in [-0.1, -0.05) is 6.07 Å². The first-order valence-corrected chi connectivity index (χ1v) is 17.5. The number of likely N-dealkylation sites (tertiary alicyclic amines) is 1. The molecule has 0 radical (unpaired) electrons. The Bertz CT molecular complexity index is 1540. The lowest BCUT2D eigenvalue weighted by Gasteiger charge is -2.43. The number of amides is 3. The molecule has 2 aromatic rings. The number of hydrogen-bond acceptors (Lipinski definition) is 7. The molecule has 5 fully saturated rings. The highest BCUT2D eigenvalue weighted by Crippen LogP contribution is 2.59. The predicted molar refractivity (Wildman–Crippen MR) is 156 cm³/mol. The molecular formula is C29H35F2N4O7PS. The van der Waals surface area contributed by atoms with Crippen LogP contribution in [0.4, 0.5) is 8.78 Å². The van der Waals surface area contributed by atoms with Crippen molar-refractivity contribution < 1.29 is 42.3 Å². The third-order valence-corrected chi connectivity index (χ3v) is 12.1. The van der Waals surface area contributed by atoms with Crippen molar-refractivity contribution in [1.29, 1.82) is 0 Å². The van der Waals surface area contributed by atoms with E-state index in [-0.39, 0.29) is 34.2 Å². The average molecular weight is 653 g/mol. The summed E-state index contributed by atoms with van der Waals surface area (Å²) in [6, 6.07) is 3.55. The largest absolute Gasteiger partial charge is 0.399 e. The number of rotatable bonds is 7. The normalized spacial score (nSPS) is 31.2. The van der Waals surface area contributed by atoms with Crippen molar-refractivity contribution in [2.24, 2.45) is 11.8 Å². The van der Waals surface area contributed by atoms with Crippen LogP contribution >= 0.6 is 18.9 Å². The van der Waals surface area contributed by atoms with Crippen LogP contribution < -0.4 is 10.6 Å². The van der Waals surface area contributed by atoms with Crippen LogP contribution in [-0.2, 0) is 24.6 Å². The number of hydrogen-bond donors (Lipinski definition) is 4. The second kappa shape index (κ2) is 11.1. The first-order valence-electron chi connectivity index (χ1n) is 15.1. The summed E-state index contributed by atoms with van der Waals surface area (Å²) in [7, 11) is -5.74. The van der Waals surface area contributed by atoms with Gasteiger partial charge in [-0.15, -0.1) is 11.3 Å². The van der Waals surface area contributed by atoms with Crippen molar-refractivity contribution in [2.45, 2.75) is 74.4 Å². The van der Waals surface area contributed by atoms with Crippen LogP contribution in [0.25, 0.3) is 10.1 Å². The van der Waals surface area contributed by atoms with E-state index < -0.39 is 36.8 Å². The molecule has 1 aromatic heterocycles. The standard InChI is InChI=1S/C29H35F2N4O7PS/c30-29(31,43(39,40)41)18-1-4-24-17(8-18)11-25(44-24)27(37)33-22-10-16-7-15(16)9-20-2-3-23(35(20)28(22)38)26(36)32-19-12-34(13-19)21-5-6-42-14-21/h1,4,8,11,15-16,19-23H,2-3,5-7,9-10,12-14H2,(H,32,36)(H,33,37)(H2,39,40,41)/t15-,16+,20-,21-,22+,23+/m1/s1. The summed E-state index contributed by atoms with van der Waals surface area (Å²) in [5.41, 5.74) is -5.21. The van der Waals surface area contributed by atoms with E-state index in [9.17, 15) is 27.7 Å². The lowest BCUT2D eigenvalue weighted by molar-refractivity contribution is -0.143. The van der Waals surface area contributed by atoms with E-state index in [0.29, 0.717) is 35.4 Å². The van der Waals surface area contributed by atoms with E-state index in [1.807, 2.05) is 0 Å². The third kappa shape index (κ3) is 5.47. The van der Waals surface area contributed by atoms with Gasteiger partial charge in [0.25, 0.3) is 5.91 Å². The molecule has 5 aliphatic rings. The maximum Gasteiger partial charge on any atom is 0.399 e. The van der Waals surface area contributed by atoms with Crippen molar-refractivity contribution in [3.8, 4) is 0 Å². The number of alkyl halides is 2. The molecule has 0 unspecified atom stereocenters. The van der Waals surface area contributed by atoms with Gasteiger partial charge in [-0.25, -0.2) is 0 Å². The molecule has 4 N–H and O–H groups in total. The van der Waals surface area contributed by atoms with Crippen LogP contribution in [0, 0.1) is 11.8 Å². The Morgan fingerprint density at radius 2 is 1.80 bits per heavy atom. The minimum absolute atomic E-state index is 0.0328. The van der Waals surface area contributed by atoms with Crippen LogP contribution in [-0.4, -0.2) is 93.8 Å². The number of carbonyl (C=O) groups is 3. The molecule has 4 saturated heterocycles. The molecule has 11 nitrogen and oxygen atoms in total. The number of nitrogens with zero attached hydrogens (tertiary/aromatic N) is 2. The van der Waals surface area contributed by atoms with Gasteiger partial charge in [0.15, 0.2) is 0 Å². The third-order valence-electron chi connectivity index (χ3n) is 9.98. The minimum atomic E-state index is -5.74. The zero-order chi connectivity index (χ0) is 31.0. The van der Waals surface area contributed by atoms with Gasteiger partial charge >= 0.3 is 13.3 Å². The minimum Gasteiger partial charge on any atom is -0.380 e. The molecule has 1 saturated carbocycles. The van der Waals surface area contributed by atoms with E-state index in [1.165, 1.54) is 12.1 Å². The molecule has 238 valence electrons. The van der Waals surface area contributed by atoms with E-state index in [2.05, 4.69) is 15.5 Å². The lowest BCUT2D eigenvalue weighted by atomic mass is 9.98. The van der Waals surface area contributed by atoms with Gasteiger partial charge in [-0.2, -0.15) is 8.78 Å². The highest BCUT2D eigenvalue weighted by Gasteiger charge is 2.52. The SMILES string of the molecule is O=C(N[C@H]1C[C@@H]2C[C@@H]2C[C@H]2CC[C@@H](C(=O)NC3CN([C@@H]4CCOC4)C3)N2C1=O)c1cc2cc(C(F)(F)P(=O)(O)O)ccc2s1. The molecule has 7 rings (SSSR count). The van der Waals surface area contributed by atoms with E-state index in [4.69, 9.17) is 14.5 Å². The molecule has 5 heterocycles. The van der Waals surface area contributed by atoms with Crippen molar-refractivity contribution >= 4 is 46.7 Å². The molecular weight excluding hydrogens is 617 g/mol. The molecule has 3 amide bonds. The summed E-state index contributed by atoms with van der Waals surface area (Å²) in [6.45, 7) is 3.01. The molecule has 1 aliphatic carbocycles. The summed E-state index contributed by atoms with van der Waals surface area (Å²) in [4.78, 5) is 63.2. The highest BCUT2D eigenvalue weighted by molar-refractivity contribution is 7.52. The summed E-state index contributed by atoms with van der Waals surface area (Å²) in [5, 5.41) is 6.25. The summed E-state index contributed by atoms with van der Waals surface area (Å²) in [6.07, 6.45) is 4.61. The van der Waals surface area contributed by atoms with Crippen molar-refractivity contribution in [3.63, 3.8) is 0 Å². The van der Waals surface area contributed by atoms with Gasteiger partial charge in [0.05, 0.1) is 17.5 Å². The fourth-order valence-electron chi connectivity index (χ4n) is 7.40. The molecule has 0 bridgehead atoms. The highest BCUT2D eigenvalue weighted by atomic mass is 32.1. The zero-order valence-corrected chi connectivity index (χ0v) is 25.6. The van der Waals surface area contributed by atoms with Crippen LogP contribution in [0.15, 0.2) is 24.3 Å². The van der Waals surface area contributed by atoms with E-state index in [0.717, 1.165) is 75.5 Å². The Kier molecular flexibility index (Phi) is 7.61.